The molecule has 0 bridgehead atoms. The van der Waals surface area contributed by atoms with E-state index in [-0.39, 0.29) is 5.43 Å². The highest BCUT2D eigenvalue weighted by Crippen LogP contribution is 2.30. The quantitative estimate of drug-likeness (QED) is 0.497. The Morgan fingerprint density at radius 2 is 1.67 bits per heavy atom. The lowest BCUT2D eigenvalue weighted by Gasteiger charge is -2.29. The van der Waals surface area contributed by atoms with Crippen molar-refractivity contribution in [2.45, 2.75) is 0 Å². The molecule has 1 aliphatic rings. The van der Waals surface area contributed by atoms with Crippen molar-refractivity contribution in [3.63, 3.8) is 0 Å². The Kier molecular flexibility index (Phi) is 3.91. The molecular formula is C23H19NO3. The molecule has 0 amide bonds. The minimum atomic E-state index is -0.0196. The van der Waals surface area contributed by atoms with E-state index in [0.29, 0.717) is 16.7 Å². The van der Waals surface area contributed by atoms with Gasteiger partial charge in [-0.2, -0.15) is 0 Å². The van der Waals surface area contributed by atoms with Crippen molar-refractivity contribution in [3.05, 3.63) is 77.0 Å². The summed E-state index contributed by atoms with van der Waals surface area (Å²) in [7, 11) is 0. The average molecular weight is 357 g/mol. The van der Waals surface area contributed by atoms with Crippen LogP contribution in [0.1, 0.15) is 0 Å². The largest absolute Gasteiger partial charge is 0.455 e. The fourth-order valence-electron chi connectivity index (χ4n) is 3.70. The third-order valence-corrected chi connectivity index (χ3v) is 5.13. The standard InChI is InChI=1S/C23H19NO3/c25-21-15-22(17-5-3-6-18(14-17)24-10-12-26-13-11-24)27-23-19-7-2-1-4-16(19)8-9-20(21)23/h1-9,14-15H,10-13H2. The first-order chi connectivity index (χ1) is 13.3. The van der Waals surface area contributed by atoms with Gasteiger partial charge in [0.25, 0.3) is 0 Å². The molecule has 3 aromatic carbocycles. The van der Waals surface area contributed by atoms with E-state index in [4.69, 9.17) is 9.15 Å². The highest BCUT2D eigenvalue weighted by molar-refractivity contribution is 6.04. The van der Waals surface area contributed by atoms with Gasteiger partial charge in [0.05, 0.1) is 18.6 Å². The summed E-state index contributed by atoms with van der Waals surface area (Å²) in [4.78, 5) is 15.0. The highest BCUT2D eigenvalue weighted by Gasteiger charge is 2.14. The third kappa shape index (κ3) is 2.88. The molecule has 0 saturated carbocycles. The van der Waals surface area contributed by atoms with E-state index in [9.17, 15) is 4.79 Å². The topological polar surface area (TPSA) is 42.7 Å². The van der Waals surface area contributed by atoms with Crippen LogP contribution in [-0.4, -0.2) is 26.3 Å². The van der Waals surface area contributed by atoms with Crippen molar-refractivity contribution in [2.75, 3.05) is 31.2 Å². The number of ether oxygens (including phenoxy) is 1. The van der Waals surface area contributed by atoms with Gasteiger partial charge in [0, 0.05) is 35.8 Å². The Morgan fingerprint density at radius 3 is 2.56 bits per heavy atom. The van der Waals surface area contributed by atoms with Gasteiger partial charge < -0.3 is 14.1 Å². The van der Waals surface area contributed by atoms with Gasteiger partial charge in [0.15, 0.2) is 5.43 Å². The van der Waals surface area contributed by atoms with Gasteiger partial charge in [0.1, 0.15) is 11.3 Å². The maximum absolute atomic E-state index is 12.7. The molecule has 1 saturated heterocycles. The van der Waals surface area contributed by atoms with Crippen molar-refractivity contribution in [1.82, 2.24) is 0 Å². The van der Waals surface area contributed by atoms with Crippen molar-refractivity contribution in [2.24, 2.45) is 0 Å². The second-order valence-electron chi connectivity index (χ2n) is 6.79. The molecule has 1 fully saturated rings. The smallest absolute Gasteiger partial charge is 0.193 e. The molecule has 4 heteroatoms. The van der Waals surface area contributed by atoms with Crippen LogP contribution in [0.4, 0.5) is 5.69 Å². The van der Waals surface area contributed by atoms with Gasteiger partial charge in [-0.3, -0.25) is 4.79 Å². The second kappa shape index (κ2) is 6.56. The highest BCUT2D eigenvalue weighted by atomic mass is 16.5. The Balaban J connectivity index is 1.67. The van der Waals surface area contributed by atoms with Crippen molar-refractivity contribution in [1.29, 1.82) is 0 Å². The molecule has 0 unspecified atom stereocenters. The number of rotatable bonds is 2. The van der Waals surface area contributed by atoms with E-state index < -0.39 is 0 Å². The monoisotopic (exact) mass is 357 g/mol. The number of anilines is 1. The zero-order valence-electron chi connectivity index (χ0n) is 14.9. The first kappa shape index (κ1) is 16.1. The van der Waals surface area contributed by atoms with Crippen molar-refractivity contribution < 1.29 is 9.15 Å². The molecule has 0 aliphatic carbocycles. The summed E-state index contributed by atoms with van der Waals surface area (Å²) in [5.41, 5.74) is 2.66. The van der Waals surface area contributed by atoms with Crippen LogP contribution in [0.5, 0.6) is 0 Å². The number of hydrogen-bond donors (Lipinski definition) is 0. The van der Waals surface area contributed by atoms with Crippen LogP contribution < -0.4 is 10.3 Å². The molecule has 1 aromatic heterocycles. The molecule has 27 heavy (non-hydrogen) atoms. The average Bonchev–Trinajstić information content (AvgIpc) is 2.74. The van der Waals surface area contributed by atoms with E-state index >= 15 is 0 Å². The molecule has 4 aromatic rings. The minimum absolute atomic E-state index is 0.0196. The fraction of sp³-hybridized carbons (Fsp3) is 0.174. The molecule has 0 spiro atoms. The molecule has 0 radical (unpaired) electrons. The molecule has 5 rings (SSSR count). The number of benzene rings is 3. The van der Waals surface area contributed by atoms with Crippen LogP contribution in [0.25, 0.3) is 33.1 Å². The predicted molar refractivity (Wildman–Crippen MR) is 108 cm³/mol. The Labute approximate surface area is 156 Å². The summed E-state index contributed by atoms with van der Waals surface area (Å²) in [6.07, 6.45) is 0. The zero-order valence-corrected chi connectivity index (χ0v) is 14.9. The Hall–Kier alpha value is -3.11. The van der Waals surface area contributed by atoms with Crippen LogP contribution in [0.2, 0.25) is 0 Å². The fourth-order valence-corrected chi connectivity index (χ4v) is 3.70. The van der Waals surface area contributed by atoms with Gasteiger partial charge in [0.2, 0.25) is 0 Å². The summed E-state index contributed by atoms with van der Waals surface area (Å²) < 4.78 is 11.7. The SMILES string of the molecule is O=c1cc(-c2cccc(N3CCOCC3)c2)oc2c1ccc1ccccc12. The number of morpholine rings is 1. The van der Waals surface area contributed by atoms with E-state index in [1.807, 2.05) is 48.5 Å². The van der Waals surface area contributed by atoms with Crippen molar-refractivity contribution >= 4 is 27.4 Å². The van der Waals surface area contributed by atoms with E-state index in [2.05, 4.69) is 17.0 Å². The Morgan fingerprint density at radius 1 is 0.815 bits per heavy atom. The maximum Gasteiger partial charge on any atom is 0.193 e. The molecular weight excluding hydrogens is 338 g/mol. The summed E-state index contributed by atoms with van der Waals surface area (Å²) in [6, 6.07) is 21.5. The third-order valence-electron chi connectivity index (χ3n) is 5.13. The number of fused-ring (bicyclic) bond motifs is 3. The van der Waals surface area contributed by atoms with Crippen LogP contribution in [-0.2, 0) is 4.74 Å². The first-order valence-corrected chi connectivity index (χ1v) is 9.18. The molecule has 0 N–H and O–H groups in total. The Bertz CT molecular complexity index is 1190. The molecule has 2 heterocycles. The summed E-state index contributed by atoms with van der Waals surface area (Å²) in [5.74, 6) is 0.596. The van der Waals surface area contributed by atoms with Gasteiger partial charge in [-0.1, -0.05) is 42.5 Å². The van der Waals surface area contributed by atoms with Crippen LogP contribution in [0.15, 0.2) is 75.9 Å². The summed E-state index contributed by atoms with van der Waals surface area (Å²) in [5, 5.41) is 2.63. The van der Waals surface area contributed by atoms with Gasteiger partial charge in [-0.25, -0.2) is 0 Å². The van der Waals surface area contributed by atoms with E-state index in [0.717, 1.165) is 48.3 Å². The number of nitrogens with zero attached hydrogens (tertiary/aromatic N) is 1. The molecule has 4 nitrogen and oxygen atoms in total. The number of hydrogen-bond acceptors (Lipinski definition) is 4. The predicted octanol–water partition coefficient (Wildman–Crippen LogP) is 4.45. The normalized spacial score (nSPS) is 14.7. The molecule has 0 atom stereocenters. The van der Waals surface area contributed by atoms with Crippen LogP contribution in [0.3, 0.4) is 0 Å². The summed E-state index contributed by atoms with van der Waals surface area (Å²) in [6.45, 7) is 3.22. The lowest BCUT2D eigenvalue weighted by molar-refractivity contribution is 0.122. The zero-order chi connectivity index (χ0) is 18.2. The van der Waals surface area contributed by atoms with Gasteiger partial charge >= 0.3 is 0 Å². The van der Waals surface area contributed by atoms with Gasteiger partial charge in [-0.05, 0) is 23.6 Å². The van der Waals surface area contributed by atoms with Crippen LogP contribution in [0, 0.1) is 0 Å². The van der Waals surface area contributed by atoms with Crippen molar-refractivity contribution in [3.8, 4) is 11.3 Å². The summed E-state index contributed by atoms with van der Waals surface area (Å²) >= 11 is 0. The van der Waals surface area contributed by atoms with Gasteiger partial charge in [-0.15, -0.1) is 0 Å². The van der Waals surface area contributed by atoms with Crippen LogP contribution >= 0.6 is 0 Å². The first-order valence-electron chi connectivity index (χ1n) is 9.18. The minimum Gasteiger partial charge on any atom is -0.455 e. The second-order valence-corrected chi connectivity index (χ2v) is 6.79. The molecule has 1 aliphatic heterocycles. The van der Waals surface area contributed by atoms with E-state index in [1.165, 1.54) is 0 Å². The lowest BCUT2D eigenvalue weighted by Crippen LogP contribution is -2.36. The maximum atomic E-state index is 12.7. The van der Waals surface area contributed by atoms with E-state index in [1.54, 1.807) is 6.07 Å². The lowest BCUT2D eigenvalue weighted by atomic mass is 10.1. The molecule has 134 valence electrons.